The molecule has 124 valence electrons. The quantitative estimate of drug-likeness (QED) is 0.874. The number of amides is 1. The van der Waals surface area contributed by atoms with E-state index in [-0.39, 0.29) is 17.8 Å². The third-order valence-electron chi connectivity index (χ3n) is 4.30. The van der Waals surface area contributed by atoms with Gasteiger partial charge in [-0.3, -0.25) is 4.79 Å². The molecule has 2 aromatic carbocycles. The average molecular weight is 323 g/mol. The summed E-state index contributed by atoms with van der Waals surface area (Å²) in [6.45, 7) is 4.92. The monoisotopic (exact) mass is 323 g/mol. The topological polar surface area (TPSA) is 49.8 Å². The smallest absolute Gasteiger partial charge is 0.245 e. The Morgan fingerprint density at radius 2 is 1.79 bits per heavy atom. The van der Waals surface area contributed by atoms with Crippen molar-refractivity contribution in [3.8, 4) is 22.6 Å². The molecule has 0 bridgehead atoms. The molecule has 1 amide bonds. The zero-order valence-electron chi connectivity index (χ0n) is 13.5. The number of hydrogen-bond donors (Lipinski definition) is 1. The molecule has 0 aromatic heterocycles. The van der Waals surface area contributed by atoms with Crippen molar-refractivity contribution in [2.75, 3.05) is 13.1 Å². The van der Waals surface area contributed by atoms with Gasteiger partial charge in [0.2, 0.25) is 5.91 Å². The maximum atomic E-state index is 11.6. The number of carbonyl (C=O) groups excluding carboxylic acids is 1. The van der Waals surface area contributed by atoms with Crippen molar-refractivity contribution in [1.82, 2.24) is 4.90 Å². The summed E-state index contributed by atoms with van der Waals surface area (Å²) in [5.74, 6) is 1.06. The molecule has 0 aliphatic carbocycles. The van der Waals surface area contributed by atoms with Gasteiger partial charge in [0, 0.05) is 31.5 Å². The molecule has 0 spiro atoms. The van der Waals surface area contributed by atoms with Crippen LogP contribution in [-0.2, 0) is 4.79 Å². The first-order chi connectivity index (χ1) is 11.7. The van der Waals surface area contributed by atoms with E-state index in [1.807, 2.05) is 36.4 Å². The fourth-order valence-corrected chi connectivity index (χ4v) is 2.95. The first kappa shape index (κ1) is 16.1. The van der Waals surface area contributed by atoms with Crippen molar-refractivity contribution in [1.29, 1.82) is 0 Å². The van der Waals surface area contributed by atoms with Gasteiger partial charge in [-0.15, -0.1) is 0 Å². The summed E-state index contributed by atoms with van der Waals surface area (Å²) in [6, 6.07) is 15.0. The second-order valence-electron chi connectivity index (χ2n) is 5.89. The lowest BCUT2D eigenvalue weighted by molar-refractivity contribution is -0.127. The maximum Gasteiger partial charge on any atom is 0.245 e. The lowest BCUT2D eigenvalue weighted by Crippen LogP contribution is -2.41. The van der Waals surface area contributed by atoms with Crippen LogP contribution in [0.1, 0.15) is 12.8 Å². The van der Waals surface area contributed by atoms with E-state index < -0.39 is 0 Å². The van der Waals surface area contributed by atoms with E-state index in [1.165, 1.54) is 6.08 Å². The molecule has 1 heterocycles. The molecule has 1 aliphatic heterocycles. The average Bonchev–Trinajstić information content (AvgIpc) is 2.63. The summed E-state index contributed by atoms with van der Waals surface area (Å²) in [7, 11) is 0. The molecular formula is C20H21NO3. The van der Waals surface area contributed by atoms with Crippen LogP contribution in [0.5, 0.6) is 11.5 Å². The number of benzene rings is 2. The molecule has 24 heavy (non-hydrogen) atoms. The fourth-order valence-electron chi connectivity index (χ4n) is 2.95. The minimum Gasteiger partial charge on any atom is -0.507 e. The van der Waals surface area contributed by atoms with Crippen LogP contribution >= 0.6 is 0 Å². The Morgan fingerprint density at radius 3 is 2.42 bits per heavy atom. The molecule has 0 saturated carbocycles. The summed E-state index contributed by atoms with van der Waals surface area (Å²) >= 11 is 0. The van der Waals surface area contributed by atoms with E-state index in [1.54, 1.807) is 17.0 Å². The zero-order chi connectivity index (χ0) is 16.9. The highest BCUT2D eigenvalue weighted by Gasteiger charge is 2.22. The van der Waals surface area contributed by atoms with Gasteiger partial charge < -0.3 is 14.7 Å². The van der Waals surface area contributed by atoms with Crippen molar-refractivity contribution in [3.05, 3.63) is 61.2 Å². The van der Waals surface area contributed by atoms with Gasteiger partial charge in [0.05, 0.1) is 0 Å². The van der Waals surface area contributed by atoms with Gasteiger partial charge in [-0.1, -0.05) is 36.9 Å². The highest BCUT2D eigenvalue weighted by Crippen LogP contribution is 2.30. The standard InChI is InChI=1S/C20H21NO3/c1-2-20(23)21-13-11-17(12-14-21)24-16-9-7-15(8-10-16)18-5-3-4-6-19(18)22/h2-10,17,22H,1,11-14H2. The molecule has 4 heteroatoms. The second kappa shape index (κ2) is 7.21. The molecule has 0 radical (unpaired) electrons. The molecule has 1 fully saturated rings. The van der Waals surface area contributed by atoms with Crippen molar-refractivity contribution >= 4 is 5.91 Å². The number of rotatable bonds is 4. The number of phenols is 1. The van der Waals surface area contributed by atoms with E-state index in [0.29, 0.717) is 13.1 Å². The summed E-state index contributed by atoms with van der Waals surface area (Å²) in [4.78, 5) is 13.4. The molecular weight excluding hydrogens is 302 g/mol. The Kier molecular flexibility index (Phi) is 4.85. The minimum absolute atomic E-state index is 0.0135. The fraction of sp³-hybridized carbons (Fsp3) is 0.250. The number of ether oxygens (including phenoxy) is 1. The van der Waals surface area contributed by atoms with Crippen LogP contribution in [0, 0.1) is 0 Å². The van der Waals surface area contributed by atoms with Gasteiger partial charge in [-0.25, -0.2) is 0 Å². The maximum absolute atomic E-state index is 11.6. The normalized spacial score (nSPS) is 15.1. The Labute approximate surface area is 142 Å². The highest BCUT2D eigenvalue weighted by atomic mass is 16.5. The van der Waals surface area contributed by atoms with E-state index in [9.17, 15) is 9.90 Å². The Balaban J connectivity index is 1.60. The Morgan fingerprint density at radius 1 is 1.12 bits per heavy atom. The van der Waals surface area contributed by atoms with Gasteiger partial charge >= 0.3 is 0 Å². The number of piperidine rings is 1. The molecule has 3 rings (SSSR count). The van der Waals surface area contributed by atoms with Gasteiger partial charge in [0.15, 0.2) is 0 Å². The number of aromatic hydroxyl groups is 1. The summed E-state index contributed by atoms with van der Waals surface area (Å²) < 4.78 is 6.01. The largest absolute Gasteiger partial charge is 0.507 e. The van der Waals surface area contributed by atoms with Crippen molar-refractivity contribution in [3.63, 3.8) is 0 Å². The summed E-state index contributed by atoms with van der Waals surface area (Å²) in [5, 5.41) is 9.91. The van der Waals surface area contributed by atoms with Gasteiger partial charge in [0.1, 0.15) is 17.6 Å². The zero-order valence-corrected chi connectivity index (χ0v) is 13.5. The van der Waals surface area contributed by atoms with E-state index in [0.717, 1.165) is 29.7 Å². The van der Waals surface area contributed by atoms with Crippen LogP contribution in [0.15, 0.2) is 61.2 Å². The third-order valence-corrected chi connectivity index (χ3v) is 4.30. The number of hydrogen-bond acceptors (Lipinski definition) is 3. The van der Waals surface area contributed by atoms with E-state index in [2.05, 4.69) is 6.58 Å². The third kappa shape index (κ3) is 3.59. The second-order valence-corrected chi connectivity index (χ2v) is 5.89. The number of carbonyl (C=O) groups is 1. The molecule has 1 N–H and O–H groups in total. The van der Waals surface area contributed by atoms with Crippen molar-refractivity contribution in [2.45, 2.75) is 18.9 Å². The lowest BCUT2D eigenvalue weighted by atomic mass is 10.0. The van der Waals surface area contributed by atoms with Crippen LogP contribution in [0.3, 0.4) is 0 Å². The van der Waals surface area contributed by atoms with Crippen LogP contribution in [-0.4, -0.2) is 35.1 Å². The summed E-state index contributed by atoms with van der Waals surface area (Å²) in [5.41, 5.74) is 1.76. The number of para-hydroxylation sites is 1. The van der Waals surface area contributed by atoms with Gasteiger partial charge in [-0.05, 0) is 29.8 Å². The SMILES string of the molecule is C=CC(=O)N1CCC(Oc2ccc(-c3ccccc3O)cc2)CC1. The van der Waals surface area contributed by atoms with Gasteiger partial charge in [0.25, 0.3) is 0 Å². The van der Waals surface area contributed by atoms with Crippen LogP contribution < -0.4 is 4.74 Å². The first-order valence-electron chi connectivity index (χ1n) is 8.14. The van der Waals surface area contributed by atoms with Crippen molar-refractivity contribution < 1.29 is 14.6 Å². The molecule has 1 saturated heterocycles. The molecule has 0 unspecified atom stereocenters. The first-order valence-corrected chi connectivity index (χ1v) is 8.14. The summed E-state index contributed by atoms with van der Waals surface area (Å²) in [6.07, 6.45) is 3.12. The predicted octanol–water partition coefficient (Wildman–Crippen LogP) is 3.62. The molecule has 0 atom stereocenters. The predicted molar refractivity (Wildman–Crippen MR) is 94.0 cm³/mol. The van der Waals surface area contributed by atoms with Crippen LogP contribution in [0.25, 0.3) is 11.1 Å². The van der Waals surface area contributed by atoms with Crippen LogP contribution in [0.2, 0.25) is 0 Å². The molecule has 4 nitrogen and oxygen atoms in total. The van der Waals surface area contributed by atoms with E-state index in [4.69, 9.17) is 4.74 Å². The highest BCUT2D eigenvalue weighted by molar-refractivity contribution is 5.87. The Bertz CT molecular complexity index is 716. The van der Waals surface area contributed by atoms with Crippen molar-refractivity contribution in [2.24, 2.45) is 0 Å². The number of nitrogens with zero attached hydrogens (tertiary/aromatic N) is 1. The lowest BCUT2D eigenvalue weighted by Gasteiger charge is -2.31. The molecule has 1 aliphatic rings. The van der Waals surface area contributed by atoms with E-state index >= 15 is 0 Å². The molecule has 2 aromatic rings. The number of likely N-dealkylation sites (tertiary alicyclic amines) is 1. The minimum atomic E-state index is -0.0135. The van der Waals surface area contributed by atoms with Crippen LogP contribution in [0.4, 0.5) is 0 Å². The Hall–Kier alpha value is -2.75. The van der Waals surface area contributed by atoms with Gasteiger partial charge in [-0.2, -0.15) is 0 Å². The number of phenolic OH excluding ortho intramolecular Hbond substituents is 1.